The van der Waals surface area contributed by atoms with E-state index in [0.717, 1.165) is 12.6 Å². The number of nitrogens with zero attached hydrogens (tertiary/aromatic N) is 3. The van der Waals surface area contributed by atoms with Crippen LogP contribution < -0.4 is 5.32 Å². The number of carbonyl (C=O) groups is 1. The zero-order chi connectivity index (χ0) is 17.0. The molecular formula is C13H12ClF3N4OS. The fourth-order valence-electron chi connectivity index (χ4n) is 1.66. The Bertz CT molecular complexity index is 705. The quantitative estimate of drug-likeness (QED) is 0.822. The fraction of sp³-hybridized carbons (Fsp3) is 0.308. The number of imidazole rings is 1. The fourth-order valence-corrected chi connectivity index (χ4v) is 2.70. The Balaban J connectivity index is 1.98. The molecule has 124 valence electrons. The number of thioether (sulfide) groups is 1. The first-order valence-corrected chi connectivity index (χ1v) is 7.84. The molecular weight excluding hydrogens is 353 g/mol. The number of nitrogens with one attached hydrogen (secondary N) is 1. The van der Waals surface area contributed by atoms with Crippen LogP contribution in [0.25, 0.3) is 0 Å². The molecule has 5 nitrogen and oxygen atoms in total. The number of anilines is 1. The van der Waals surface area contributed by atoms with Crippen molar-refractivity contribution in [2.75, 3.05) is 11.1 Å². The number of carbonyl (C=O) groups excluding carboxylic acids is 1. The van der Waals surface area contributed by atoms with Crippen LogP contribution in [0.2, 0.25) is 5.02 Å². The van der Waals surface area contributed by atoms with Crippen molar-refractivity contribution in [2.45, 2.75) is 24.8 Å². The smallest absolute Gasteiger partial charge is 0.326 e. The van der Waals surface area contributed by atoms with Crippen molar-refractivity contribution in [3.8, 4) is 0 Å². The molecule has 10 heteroatoms. The number of hydrogen-bond donors (Lipinski definition) is 1. The average molecular weight is 365 g/mol. The molecule has 0 aliphatic rings. The van der Waals surface area contributed by atoms with Gasteiger partial charge in [0.2, 0.25) is 5.91 Å². The van der Waals surface area contributed by atoms with Gasteiger partial charge in [-0.05, 0) is 13.0 Å². The van der Waals surface area contributed by atoms with E-state index < -0.39 is 17.6 Å². The van der Waals surface area contributed by atoms with Crippen molar-refractivity contribution in [2.24, 2.45) is 0 Å². The Morgan fingerprint density at radius 1 is 1.43 bits per heavy atom. The summed E-state index contributed by atoms with van der Waals surface area (Å²) in [5.74, 6) is -0.505. The molecule has 23 heavy (non-hydrogen) atoms. The van der Waals surface area contributed by atoms with Gasteiger partial charge in [0.25, 0.3) is 0 Å². The Labute approximate surface area is 139 Å². The molecule has 0 unspecified atom stereocenters. The minimum Gasteiger partial charge on any atom is -0.326 e. The summed E-state index contributed by atoms with van der Waals surface area (Å²) in [4.78, 5) is 19.5. The van der Waals surface area contributed by atoms with E-state index in [1.807, 2.05) is 11.5 Å². The molecule has 1 amide bonds. The van der Waals surface area contributed by atoms with Crippen LogP contribution in [-0.2, 0) is 17.5 Å². The molecule has 0 aliphatic heterocycles. The van der Waals surface area contributed by atoms with Gasteiger partial charge in [-0.15, -0.1) is 0 Å². The number of alkyl halides is 3. The van der Waals surface area contributed by atoms with Crippen LogP contribution >= 0.6 is 23.4 Å². The maximum absolute atomic E-state index is 12.5. The Hall–Kier alpha value is -1.74. The van der Waals surface area contributed by atoms with Crippen LogP contribution in [-0.4, -0.2) is 26.2 Å². The van der Waals surface area contributed by atoms with Gasteiger partial charge < -0.3 is 9.88 Å². The molecule has 2 aromatic heterocycles. The lowest BCUT2D eigenvalue weighted by atomic mass is 10.3. The second kappa shape index (κ2) is 7.22. The lowest BCUT2D eigenvalue weighted by Gasteiger charge is -2.10. The maximum atomic E-state index is 12.5. The van der Waals surface area contributed by atoms with Crippen molar-refractivity contribution in [1.82, 2.24) is 14.5 Å². The molecule has 0 saturated carbocycles. The van der Waals surface area contributed by atoms with Gasteiger partial charge in [-0.1, -0.05) is 23.4 Å². The van der Waals surface area contributed by atoms with Crippen LogP contribution in [0.3, 0.4) is 0 Å². The van der Waals surface area contributed by atoms with Crippen molar-refractivity contribution in [1.29, 1.82) is 0 Å². The van der Waals surface area contributed by atoms with E-state index in [1.54, 1.807) is 12.4 Å². The van der Waals surface area contributed by atoms with E-state index >= 15 is 0 Å². The number of hydrogen-bond acceptors (Lipinski definition) is 4. The predicted octanol–water partition coefficient (Wildman–Crippen LogP) is 3.70. The molecule has 0 aliphatic carbocycles. The molecule has 2 heterocycles. The molecule has 0 atom stereocenters. The first-order valence-electron chi connectivity index (χ1n) is 6.47. The summed E-state index contributed by atoms with van der Waals surface area (Å²) in [6.45, 7) is 2.66. The van der Waals surface area contributed by atoms with Crippen LogP contribution in [0.4, 0.5) is 19.0 Å². The largest absolute Gasteiger partial charge is 0.417 e. The van der Waals surface area contributed by atoms with Gasteiger partial charge in [0.05, 0.1) is 16.3 Å². The molecule has 0 fully saturated rings. The van der Waals surface area contributed by atoms with Gasteiger partial charge >= 0.3 is 6.18 Å². The number of pyridine rings is 1. The van der Waals surface area contributed by atoms with Gasteiger partial charge in [0.1, 0.15) is 0 Å². The highest BCUT2D eigenvalue weighted by Gasteiger charge is 2.31. The highest BCUT2D eigenvalue weighted by atomic mass is 35.5. The third-order valence-electron chi connectivity index (χ3n) is 2.78. The van der Waals surface area contributed by atoms with Crippen molar-refractivity contribution >= 4 is 35.1 Å². The lowest BCUT2D eigenvalue weighted by Crippen LogP contribution is -2.16. The number of halogens is 4. The van der Waals surface area contributed by atoms with E-state index in [2.05, 4.69) is 15.3 Å². The van der Waals surface area contributed by atoms with Gasteiger partial charge in [-0.2, -0.15) is 13.2 Å². The summed E-state index contributed by atoms with van der Waals surface area (Å²) in [6, 6.07) is 0.723. The van der Waals surface area contributed by atoms with Gasteiger partial charge in [0.15, 0.2) is 11.0 Å². The minimum atomic E-state index is -4.54. The van der Waals surface area contributed by atoms with E-state index in [-0.39, 0.29) is 16.6 Å². The standard InChI is InChI=1S/C13H12ClF3N4OS/c1-2-21-4-3-18-12(21)23-7-10(22)20-11-9(14)5-8(6-19-11)13(15,16)17/h3-6H,2,7H2,1H3,(H,19,20,22). The monoisotopic (exact) mass is 364 g/mol. The second-order valence-electron chi connectivity index (χ2n) is 4.38. The van der Waals surface area contributed by atoms with Crippen molar-refractivity contribution < 1.29 is 18.0 Å². The Morgan fingerprint density at radius 3 is 2.78 bits per heavy atom. The SMILES string of the molecule is CCn1ccnc1SCC(=O)Nc1ncc(C(F)(F)F)cc1Cl. The average Bonchev–Trinajstić information content (AvgIpc) is 2.93. The summed E-state index contributed by atoms with van der Waals surface area (Å²) in [5.41, 5.74) is -0.972. The molecule has 0 spiro atoms. The minimum absolute atomic E-state index is 0.0377. The number of aromatic nitrogens is 3. The third kappa shape index (κ3) is 4.61. The third-order valence-corrected chi connectivity index (χ3v) is 4.07. The normalized spacial score (nSPS) is 11.5. The first kappa shape index (κ1) is 17.6. The Kier molecular flexibility index (Phi) is 5.53. The highest BCUT2D eigenvalue weighted by Crippen LogP contribution is 2.32. The molecule has 1 N–H and O–H groups in total. The summed E-state index contributed by atoms with van der Waals surface area (Å²) in [5, 5.41) is 2.79. The molecule has 0 radical (unpaired) electrons. The van der Waals surface area contributed by atoms with Gasteiger partial charge in [0, 0.05) is 25.1 Å². The van der Waals surface area contributed by atoms with Crippen LogP contribution in [0.5, 0.6) is 0 Å². The van der Waals surface area contributed by atoms with E-state index in [1.165, 1.54) is 11.8 Å². The second-order valence-corrected chi connectivity index (χ2v) is 5.73. The molecule has 2 rings (SSSR count). The number of aryl methyl sites for hydroxylation is 1. The molecule has 0 saturated heterocycles. The predicted molar refractivity (Wildman–Crippen MR) is 81.5 cm³/mol. The van der Waals surface area contributed by atoms with Crippen LogP contribution in [0.15, 0.2) is 29.8 Å². The first-order chi connectivity index (χ1) is 10.8. The number of amides is 1. The van der Waals surface area contributed by atoms with Crippen molar-refractivity contribution in [3.63, 3.8) is 0 Å². The van der Waals surface area contributed by atoms with Gasteiger partial charge in [-0.3, -0.25) is 4.79 Å². The highest BCUT2D eigenvalue weighted by molar-refractivity contribution is 7.99. The van der Waals surface area contributed by atoms with E-state index in [9.17, 15) is 18.0 Å². The lowest BCUT2D eigenvalue weighted by molar-refractivity contribution is -0.137. The molecule has 0 aromatic carbocycles. The zero-order valence-corrected chi connectivity index (χ0v) is 13.5. The summed E-state index contributed by atoms with van der Waals surface area (Å²) in [7, 11) is 0. The topological polar surface area (TPSA) is 59.8 Å². The summed E-state index contributed by atoms with van der Waals surface area (Å²) < 4.78 is 39.4. The van der Waals surface area contributed by atoms with Crippen LogP contribution in [0, 0.1) is 0 Å². The summed E-state index contributed by atoms with van der Waals surface area (Å²) in [6.07, 6.45) is -0.503. The zero-order valence-electron chi connectivity index (χ0n) is 11.9. The molecule has 0 bridgehead atoms. The Morgan fingerprint density at radius 2 is 2.17 bits per heavy atom. The van der Waals surface area contributed by atoms with Gasteiger partial charge in [-0.25, -0.2) is 9.97 Å². The maximum Gasteiger partial charge on any atom is 0.417 e. The number of rotatable bonds is 5. The molecule has 2 aromatic rings. The summed E-state index contributed by atoms with van der Waals surface area (Å²) >= 11 is 6.93. The van der Waals surface area contributed by atoms with E-state index in [4.69, 9.17) is 11.6 Å². The van der Waals surface area contributed by atoms with Crippen LogP contribution in [0.1, 0.15) is 12.5 Å². The van der Waals surface area contributed by atoms with Crippen molar-refractivity contribution in [3.05, 3.63) is 35.2 Å². The van der Waals surface area contributed by atoms with E-state index in [0.29, 0.717) is 11.4 Å².